The van der Waals surface area contributed by atoms with Gasteiger partial charge in [-0.25, -0.2) is 0 Å². The number of hydrogen-bond donors (Lipinski definition) is 1. The summed E-state index contributed by atoms with van der Waals surface area (Å²) in [5.41, 5.74) is 1.08. The average molecular weight is 351 g/mol. The van der Waals surface area contributed by atoms with Crippen LogP contribution in [0.3, 0.4) is 0 Å². The van der Waals surface area contributed by atoms with Crippen LogP contribution >= 0.6 is 50.2 Å². The lowest BCUT2D eigenvalue weighted by molar-refractivity contribution is 0.0955. The first-order valence-electron chi connectivity index (χ1n) is 4.84. The number of aryl methyl sites for hydroxylation is 1. The molecule has 2 aromatic rings. The van der Waals surface area contributed by atoms with Crippen LogP contribution in [0.4, 0.5) is 0 Å². The smallest absolute Gasteiger partial charge is 0.261 e. The third kappa shape index (κ3) is 3.31. The molecule has 90 valence electrons. The summed E-state index contributed by atoms with van der Waals surface area (Å²) in [6, 6.07) is 5.63. The minimum absolute atomic E-state index is 0.0478. The van der Waals surface area contributed by atoms with Crippen molar-refractivity contribution in [2.45, 2.75) is 13.5 Å². The van der Waals surface area contributed by atoms with Crippen molar-refractivity contribution in [1.29, 1.82) is 0 Å². The van der Waals surface area contributed by atoms with E-state index in [0.717, 1.165) is 23.4 Å². The van der Waals surface area contributed by atoms with Gasteiger partial charge in [-0.3, -0.25) is 4.79 Å². The predicted molar refractivity (Wildman–Crippen MR) is 77.3 cm³/mol. The monoisotopic (exact) mass is 349 g/mol. The molecule has 2 nitrogen and oxygen atoms in total. The molecular weight excluding hydrogens is 342 g/mol. The zero-order chi connectivity index (χ0) is 12.4. The van der Waals surface area contributed by atoms with Crippen molar-refractivity contribution in [3.05, 3.63) is 41.6 Å². The largest absolute Gasteiger partial charge is 0.346 e. The second-order valence-electron chi connectivity index (χ2n) is 3.46. The zero-order valence-electron chi connectivity index (χ0n) is 8.92. The molecule has 2 rings (SSSR count). The van der Waals surface area contributed by atoms with Gasteiger partial charge in [-0.2, -0.15) is 0 Å². The van der Waals surface area contributed by atoms with E-state index in [4.69, 9.17) is 11.6 Å². The minimum Gasteiger partial charge on any atom is -0.346 e. The van der Waals surface area contributed by atoms with E-state index < -0.39 is 0 Å². The number of thiophene rings is 2. The third-order valence-corrected chi connectivity index (χ3v) is 5.50. The van der Waals surface area contributed by atoms with E-state index in [9.17, 15) is 4.79 Å². The van der Waals surface area contributed by atoms with Crippen molar-refractivity contribution < 1.29 is 4.79 Å². The Morgan fingerprint density at radius 1 is 1.47 bits per heavy atom. The molecule has 6 heteroatoms. The van der Waals surface area contributed by atoms with Gasteiger partial charge in [0, 0.05) is 4.88 Å². The first-order chi connectivity index (χ1) is 8.06. The quantitative estimate of drug-likeness (QED) is 0.869. The molecule has 1 amide bonds. The van der Waals surface area contributed by atoms with E-state index in [2.05, 4.69) is 21.2 Å². The third-order valence-electron chi connectivity index (χ3n) is 2.13. The van der Waals surface area contributed by atoms with Crippen molar-refractivity contribution in [2.75, 3.05) is 0 Å². The van der Waals surface area contributed by atoms with Crippen molar-refractivity contribution >= 4 is 56.1 Å². The summed E-state index contributed by atoms with van der Waals surface area (Å²) in [6.45, 7) is 2.49. The van der Waals surface area contributed by atoms with Crippen LogP contribution in [0.5, 0.6) is 0 Å². The lowest BCUT2D eigenvalue weighted by Crippen LogP contribution is -2.21. The fourth-order valence-electron chi connectivity index (χ4n) is 1.27. The number of amides is 1. The van der Waals surface area contributed by atoms with Crippen LogP contribution in [0.2, 0.25) is 4.34 Å². The molecule has 0 aliphatic carbocycles. The lowest BCUT2D eigenvalue weighted by Gasteiger charge is -2.00. The summed E-state index contributed by atoms with van der Waals surface area (Å²) >= 11 is 12.1. The summed E-state index contributed by atoms with van der Waals surface area (Å²) in [7, 11) is 0. The highest BCUT2D eigenvalue weighted by Gasteiger charge is 2.11. The standard InChI is InChI=1S/C11H9BrClNOS2/c1-6-4-8(17-10(6)12)11(15)14-5-7-2-3-9(13)16-7/h2-4H,5H2,1H3,(H,14,15). The van der Waals surface area contributed by atoms with Crippen LogP contribution < -0.4 is 5.32 Å². The number of rotatable bonds is 3. The van der Waals surface area contributed by atoms with Crippen molar-refractivity contribution in [3.63, 3.8) is 0 Å². The van der Waals surface area contributed by atoms with Crippen molar-refractivity contribution in [1.82, 2.24) is 5.32 Å². The second-order valence-corrected chi connectivity index (χ2v) is 7.63. The Balaban J connectivity index is 1.98. The maximum atomic E-state index is 11.8. The molecule has 0 aromatic carbocycles. The Morgan fingerprint density at radius 2 is 2.24 bits per heavy atom. The minimum atomic E-state index is -0.0478. The van der Waals surface area contributed by atoms with Crippen molar-refractivity contribution in [2.24, 2.45) is 0 Å². The predicted octanol–water partition coefficient (Wildman–Crippen LogP) is 4.46. The maximum Gasteiger partial charge on any atom is 0.261 e. The fourth-order valence-corrected chi connectivity index (χ4v) is 3.75. The molecule has 0 aliphatic heterocycles. The molecule has 0 aliphatic rings. The molecule has 0 fully saturated rings. The average Bonchev–Trinajstić information content (AvgIpc) is 2.83. The Morgan fingerprint density at radius 3 is 2.76 bits per heavy atom. The van der Waals surface area contributed by atoms with E-state index >= 15 is 0 Å². The Bertz CT molecular complexity index is 530. The van der Waals surface area contributed by atoms with E-state index in [1.54, 1.807) is 0 Å². The van der Waals surface area contributed by atoms with Crippen LogP contribution in [0, 0.1) is 6.92 Å². The number of carbonyl (C=O) groups excluding carboxylic acids is 1. The van der Waals surface area contributed by atoms with Gasteiger partial charge in [-0.05, 0) is 46.6 Å². The Hall–Kier alpha value is -0.360. The number of hydrogen-bond acceptors (Lipinski definition) is 3. The van der Waals surface area contributed by atoms with Crippen LogP contribution in [0.15, 0.2) is 22.0 Å². The zero-order valence-corrected chi connectivity index (χ0v) is 12.9. The van der Waals surface area contributed by atoms with E-state index in [1.165, 1.54) is 22.7 Å². The van der Waals surface area contributed by atoms with Gasteiger partial charge in [0.05, 0.1) is 19.5 Å². The molecule has 0 bridgehead atoms. The second kappa shape index (κ2) is 5.52. The number of nitrogens with one attached hydrogen (secondary N) is 1. The summed E-state index contributed by atoms with van der Waals surface area (Å²) < 4.78 is 1.74. The molecule has 0 atom stereocenters. The summed E-state index contributed by atoms with van der Waals surface area (Å²) in [5.74, 6) is -0.0478. The Labute approximate surface area is 121 Å². The molecule has 0 spiro atoms. The molecule has 0 radical (unpaired) electrons. The van der Waals surface area contributed by atoms with Gasteiger partial charge in [-0.15, -0.1) is 22.7 Å². The maximum absolute atomic E-state index is 11.8. The van der Waals surface area contributed by atoms with E-state index in [0.29, 0.717) is 6.54 Å². The van der Waals surface area contributed by atoms with Gasteiger partial charge in [0.15, 0.2) is 0 Å². The van der Waals surface area contributed by atoms with Crippen LogP contribution in [0.1, 0.15) is 20.1 Å². The number of halogens is 2. The summed E-state index contributed by atoms with van der Waals surface area (Å²) in [5, 5.41) is 2.87. The normalized spacial score (nSPS) is 10.5. The van der Waals surface area contributed by atoms with Crippen LogP contribution in [-0.4, -0.2) is 5.91 Å². The van der Waals surface area contributed by atoms with Crippen LogP contribution in [0.25, 0.3) is 0 Å². The van der Waals surface area contributed by atoms with Gasteiger partial charge in [0.25, 0.3) is 5.91 Å². The summed E-state index contributed by atoms with van der Waals surface area (Å²) in [6.07, 6.45) is 0. The molecule has 0 saturated heterocycles. The molecule has 17 heavy (non-hydrogen) atoms. The molecular formula is C11H9BrClNOS2. The van der Waals surface area contributed by atoms with E-state index in [-0.39, 0.29) is 5.91 Å². The first-order valence-corrected chi connectivity index (χ1v) is 7.65. The van der Waals surface area contributed by atoms with Crippen molar-refractivity contribution in [3.8, 4) is 0 Å². The van der Waals surface area contributed by atoms with Gasteiger partial charge in [0.2, 0.25) is 0 Å². The van der Waals surface area contributed by atoms with E-state index in [1.807, 2.05) is 25.1 Å². The lowest BCUT2D eigenvalue weighted by atomic mass is 10.3. The molecule has 0 unspecified atom stereocenters. The fraction of sp³-hybridized carbons (Fsp3) is 0.182. The topological polar surface area (TPSA) is 29.1 Å². The van der Waals surface area contributed by atoms with Gasteiger partial charge in [-0.1, -0.05) is 11.6 Å². The van der Waals surface area contributed by atoms with Gasteiger partial charge >= 0.3 is 0 Å². The number of carbonyl (C=O) groups is 1. The highest BCUT2D eigenvalue weighted by molar-refractivity contribution is 9.11. The Kier molecular flexibility index (Phi) is 4.25. The molecule has 2 heterocycles. The highest BCUT2D eigenvalue weighted by atomic mass is 79.9. The molecule has 0 saturated carbocycles. The summed E-state index contributed by atoms with van der Waals surface area (Å²) in [4.78, 5) is 13.6. The first kappa shape index (κ1) is 13.1. The highest BCUT2D eigenvalue weighted by Crippen LogP contribution is 2.27. The molecule has 2 aromatic heterocycles. The SMILES string of the molecule is Cc1cc(C(=O)NCc2ccc(Cl)s2)sc1Br. The molecule has 1 N–H and O–H groups in total. The van der Waals surface area contributed by atoms with Gasteiger partial charge in [0.1, 0.15) is 0 Å². The van der Waals surface area contributed by atoms with Crippen LogP contribution in [-0.2, 0) is 6.54 Å². The van der Waals surface area contributed by atoms with Gasteiger partial charge < -0.3 is 5.32 Å².